The van der Waals surface area contributed by atoms with Gasteiger partial charge in [0, 0.05) is 46.3 Å². The number of aromatic nitrogens is 4. The summed E-state index contributed by atoms with van der Waals surface area (Å²) in [6.45, 7) is 0.751. The van der Waals surface area contributed by atoms with Gasteiger partial charge in [0.1, 0.15) is 0 Å². The first kappa shape index (κ1) is 16.6. The topological polar surface area (TPSA) is 58.7 Å². The molecule has 0 aliphatic carbocycles. The van der Waals surface area contributed by atoms with E-state index in [1.165, 1.54) is 0 Å². The number of amides is 1. The number of likely N-dealkylation sites (tertiary alicyclic amines) is 1. The van der Waals surface area contributed by atoms with Gasteiger partial charge in [-0.15, -0.1) is 0 Å². The van der Waals surface area contributed by atoms with Crippen LogP contribution in [-0.4, -0.2) is 50.6 Å². The molecule has 3 aromatic heterocycles. The van der Waals surface area contributed by atoms with E-state index in [4.69, 9.17) is 4.98 Å². The Morgan fingerprint density at radius 1 is 1.27 bits per heavy atom. The van der Waals surface area contributed by atoms with Crippen molar-refractivity contribution in [3.8, 4) is 0 Å². The third kappa shape index (κ3) is 2.83. The summed E-state index contributed by atoms with van der Waals surface area (Å²) in [7, 11) is 5.83. The van der Waals surface area contributed by atoms with E-state index in [0.29, 0.717) is 5.56 Å². The number of carbonyl (C=O) groups is 1. The second-order valence-electron chi connectivity index (χ2n) is 7.10. The lowest BCUT2D eigenvalue weighted by atomic mass is 9.98. The van der Waals surface area contributed by atoms with Crippen LogP contribution in [0.15, 0.2) is 36.9 Å². The number of hydrogen-bond acceptors (Lipinski definition) is 4. The number of fused-ring (bicyclic) bond motifs is 1. The minimum atomic E-state index is -0.0121. The average Bonchev–Trinajstić information content (AvgIpc) is 3.28. The zero-order valence-electron chi connectivity index (χ0n) is 15.5. The summed E-state index contributed by atoms with van der Waals surface area (Å²) in [4.78, 5) is 22.0. The normalized spacial score (nSPS) is 17.7. The molecule has 4 heterocycles. The number of nitrogens with zero attached hydrogens (tertiary/aromatic N) is 6. The van der Waals surface area contributed by atoms with Crippen LogP contribution in [0.3, 0.4) is 0 Å². The van der Waals surface area contributed by atoms with Gasteiger partial charge in [-0.05, 0) is 31.4 Å². The fraction of sp³-hybridized carbons (Fsp3) is 0.421. The van der Waals surface area contributed by atoms with Gasteiger partial charge in [0.2, 0.25) is 0 Å². The highest BCUT2D eigenvalue weighted by Crippen LogP contribution is 2.33. The molecule has 1 aliphatic rings. The lowest BCUT2D eigenvalue weighted by Crippen LogP contribution is -2.39. The molecule has 0 saturated carbocycles. The van der Waals surface area contributed by atoms with Gasteiger partial charge in [-0.3, -0.25) is 9.48 Å². The first-order valence-corrected chi connectivity index (χ1v) is 8.99. The van der Waals surface area contributed by atoms with Gasteiger partial charge in [0.05, 0.1) is 29.0 Å². The smallest absolute Gasteiger partial charge is 0.257 e. The fourth-order valence-electron chi connectivity index (χ4n) is 3.72. The summed E-state index contributed by atoms with van der Waals surface area (Å²) < 4.78 is 3.76. The third-order valence-electron chi connectivity index (χ3n) is 4.99. The molecule has 3 aromatic rings. The van der Waals surface area contributed by atoms with E-state index < -0.39 is 0 Å². The Balaban J connectivity index is 1.74. The largest absolute Gasteiger partial charge is 0.361 e. The fourth-order valence-corrected chi connectivity index (χ4v) is 3.72. The van der Waals surface area contributed by atoms with E-state index in [1.807, 2.05) is 43.2 Å². The van der Waals surface area contributed by atoms with E-state index >= 15 is 0 Å². The minimum Gasteiger partial charge on any atom is -0.361 e. The highest BCUT2D eigenvalue weighted by atomic mass is 16.2. The molecular weight excluding hydrogens is 328 g/mol. The standard InChI is InChI=1S/C19H24N6O/c1-22(2)18-17-8-6-9-24(17)13-15(21-18)16-7-4-5-10-25(16)19(26)14-11-20-23(3)12-14/h6,8-9,11-13,16H,4-5,7,10H2,1-3H3. The molecule has 26 heavy (non-hydrogen) atoms. The molecule has 1 fully saturated rings. The molecule has 1 saturated heterocycles. The number of anilines is 1. The first-order valence-electron chi connectivity index (χ1n) is 8.99. The van der Waals surface area contributed by atoms with Crippen molar-refractivity contribution in [1.29, 1.82) is 0 Å². The van der Waals surface area contributed by atoms with Gasteiger partial charge >= 0.3 is 0 Å². The maximum absolute atomic E-state index is 13.1. The Morgan fingerprint density at radius 3 is 2.85 bits per heavy atom. The van der Waals surface area contributed by atoms with Crippen molar-refractivity contribution < 1.29 is 4.79 Å². The molecule has 136 valence electrons. The predicted molar refractivity (Wildman–Crippen MR) is 100 cm³/mol. The molecular formula is C19H24N6O. The van der Waals surface area contributed by atoms with Crippen LogP contribution in [0.1, 0.15) is 41.4 Å². The predicted octanol–water partition coefficient (Wildman–Crippen LogP) is 2.50. The van der Waals surface area contributed by atoms with Crippen molar-refractivity contribution in [2.45, 2.75) is 25.3 Å². The molecule has 1 atom stereocenters. The molecule has 1 aliphatic heterocycles. The van der Waals surface area contributed by atoms with E-state index in [1.54, 1.807) is 17.1 Å². The van der Waals surface area contributed by atoms with E-state index in [9.17, 15) is 4.79 Å². The molecule has 4 rings (SSSR count). The molecule has 0 spiro atoms. The Labute approximate surface area is 152 Å². The lowest BCUT2D eigenvalue weighted by Gasteiger charge is -2.35. The molecule has 0 N–H and O–H groups in total. The number of carbonyl (C=O) groups excluding carboxylic acids is 1. The van der Waals surface area contributed by atoms with Crippen molar-refractivity contribution in [3.05, 3.63) is 48.2 Å². The molecule has 7 nitrogen and oxygen atoms in total. The molecule has 7 heteroatoms. The summed E-state index contributed by atoms with van der Waals surface area (Å²) >= 11 is 0. The van der Waals surface area contributed by atoms with Crippen LogP contribution in [0.5, 0.6) is 0 Å². The Kier molecular flexibility index (Phi) is 4.14. The molecule has 1 amide bonds. The van der Waals surface area contributed by atoms with Gasteiger partial charge < -0.3 is 14.2 Å². The molecule has 0 aromatic carbocycles. The van der Waals surface area contributed by atoms with E-state index in [-0.39, 0.29) is 11.9 Å². The van der Waals surface area contributed by atoms with E-state index in [0.717, 1.165) is 42.8 Å². The van der Waals surface area contributed by atoms with Gasteiger partial charge in [-0.25, -0.2) is 4.98 Å². The third-order valence-corrected chi connectivity index (χ3v) is 4.99. The maximum Gasteiger partial charge on any atom is 0.257 e. The highest BCUT2D eigenvalue weighted by Gasteiger charge is 2.31. The Bertz CT molecular complexity index is 941. The zero-order chi connectivity index (χ0) is 18.3. The van der Waals surface area contributed by atoms with Crippen LogP contribution in [0, 0.1) is 0 Å². The quantitative estimate of drug-likeness (QED) is 0.727. The van der Waals surface area contributed by atoms with Crippen LogP contribution >= 0.6 is 0 Å². The second kappa shape index (κ2) is 6.48. The number of hydrogen-bond donors (Lipinski definition) is 0. The summed E-state index contributed by atoms with van der Waals surface area (Å²) in [6.07, 6.45) is 10.6. The number of rotatable bonds is 3. The zero-order valence-corrected chi connectivity index (χ0v) is 15.5. The second-order valence-corrected chi connectivity index (χ2v) is 7.10. The van der Waals surface area contributed by atoms with Crippen LogP contribution in [0.4, 0.5) is 5.82 Å². The SMILES string of the molecule is CN(C)c1nc(C2CCCCN2C(=O)c2cnn(C)c2)cn2cccc12. The molecule has 1 unspecified atom stereocenters. The number of piperidine rings is 1. The van der Waals surface area contributed by atoms with Gasteiger partial charge in [0.15, 0.2) is 5.82 Å². The van der Waals surface area contributed by atoms with Crippen LogP contribution < -0.4 is 4.90 Å². The lowest BCUT2D eigenvalue weighted by molar-refractivity contribution is 0.0605. The molecule has 0 bridgehead atoms. The highest BCUT2D eigenvalue weighted by molar-refractivity contribution is 5.94. The Hall–Kier alpha value is -2.83. The van der Waals surface area contributed by atoms with Crippen LogP contribution in [-0.2, 0) is 7.05 Å². The van der Waals surface area contributed by atoms with Crippen molar-refractivity contribution in [3.63, 3.8) is 0 Å². The van der Waals surface area contributed by atoms with Crippen molar-refractivity contribution in [1.82, 2.24) is 24.1 Å². The summed E-state index contributed by atoms with van der Waals surface area (Å²) in [6, 6.07) is 4.07. The molecule has 0 radical (unpaired) electrons. The maximum atomic E-state index is 13.1. The van der Waals surface area contributed by atoms with Crippen molar-refractivity contribution >= 4 is 17.2 Å². The van der Waals surface area contributed by atoms with Gasteiger partial charge in [0.25, 0.3) is 5.91 Å². The number of aryl methyl sites for hydroxylation is 1. The summed E-state index contributed by atoms with van der Waals surface area (Å²) in [5.41, 5.74) is 2.64. The van der Waals surface area contributed by atoms with Crippen molar-refractivity contribution in [2.24, 2.45) is 7.05 Å². The van der Waals surface area contributed by atoms with Crippen LogP contribution in [0.25, 0.3) is 5.52 Å². The summed E-state index contributed by atoms with van der Waals surface area (Å²) in [5.74, 6) is 0.954. The van der Waals surface area contributed by atoms with Gasteiger partial charge in [-0.2, -0.15) is 5.10 Å². The van der Waals surface area contributed by atoms with Gasteiger partial charge in [-0.1, -0.05) is 0 Å². The average molecular weight is 352 g/mol. The first-order chi connectivity index (χ1) is 12.5. The van der Waals surface area contributed by atoms with Crippen molar-refractivity contribution in [2.75, 3.05) is 25.5 Å². The monoisotopic (exact) mass is 352 g/mol. The van der Waals surface area contributed by atoms with E-state index in [2.05, 4.69) is 21.8 Å². The Morgan fingerprint density at radius 2 is 2.12 bits per heavy atom. The van der Waals surface area contributed by atoms with Crippen LogP contribution in [0.2, 0.25) is 0 Å². The minimum absolute atomic E-state index is 0.0121. The summed E-state index contributed by atoms with van der Waals surface area (Å²) in [5, 5.41) is 4.14.